The average molecular weight is 613 g/mol. The molecule has 2 heterocycles. The summed E-state index contributed by atoms with van der Waals surface area (Å²) in [5, 5.41) is 14.0. The predicted molar refractivity (Wildman–Crippen MR) is 168 cm³/mol. The number of rotatable bonds is 10. The maximum absolute atomic E-state index is 14.3. The van der Waals surface area contributed by atoms with Crippen molar-refractivity contribution in [1.82, 2.24) is 20.0 Å². The molecule has 7 nitrogen and oxygen atoms in total. The smallest absolute Gasteiger partial charge is 0.321 e. The van der Waals surface area contributed by atoms with Crippen molar-refractivity contribution in [2.24, 2.45) is 11.8 Å². The number of nitrogens with one attached hydrogen (secondary N) is 1. The van der Waals surface area contributed by atoms with Crippen LogP contribution in [0.25, 0.3) is 0 Å². The minimum atomic E-state index is -0.722. The maximum atomic E-state index is 14.3. The van der Waals surface area contributed by atoms with Gasteiger partial charge in [-0.05, 0) is 79.8 Å². The van der Waals surface area contributed by atoms with Crippen LogP contribution in [0.3, 0.4) is 0 Å². The van der Waals surface area contributed by atoms with Gasteiger partial charge in [0.25, 0.3) is 0 Å². The number of benzene rings is 2. The maximum Gasteiger partial charge on any atom is 0.321 e. The van der Waals surface area contributed by atoms with Crippen molar-refractivity contribution >= 4 is 23.6 Å². The third-order valence-corrected chi connectivity index (χ3v) is 10.2. The number of aliphatic carboxylic acids is 1. The first-order valence-corrected chi connectivity index (χ1v) is 16.4. The molecule has 0 radical (unpaired) electrons. The van der Waals surface area contributed by atoms with E-state index in [2.05, 4.69) is 15.1 Å². The normalized spacial score (nSPS) is 23.2. The molecule has 9 heteroatoms. The van der Waals surface area contributed by atoms with E-state index < -0.39 is 12.0 Å². The summed E-state index contributed by atoms with van der Waals surface area (Å²) in [6.45, 7) is 7.09. The number of likely N-dealkylation sites (tertiary alicyclic amines) is 2. The highest BCUT2D eigenvalue weighted by Gasteiger charge is 2.43. The summed E-state index contributed by atoms with van der Waals surface area (Å²) in [6.07, 6.45) is 7.11. The van der Waals surface area contributed by atoms with E-state index in [1.807, 2.05) is 42.2 Å². The van der Waals surface area contributed by atoms with E-state index in [0.717, 1.165) is 69.3 Å². The fourth-order valence-corrected chi connectivity index (χ4v) is 7.86. The Labute approximate surface area is 260 Å². The molecule has 3 fully saturated rings. The lowest BCUT2D eigenvalue weighted by Crippen LogP contribution is -2.51. The number of urea groups is 1. The van der Waals surface area contributed by atoms with E-state index in [1.165, 1.54) is 12.5 Å². The molecule has 2 saturated heterocycles. The van der Waals surface area contributed by atoms with Gasteiger partial charge in [-0.2, -0.15) is 0 Å². The van der Waals surface area contributed by atoms with Crippen LogP contribution in [0.15, 0.2) is 48.5 Å². The lowest BCUT2D eigenvalue weighted by atomic mass is 9.83. The fourth-order valence-electron chi connectivity index (χ4n) is 7.73. The van der Waals surface area contributed by atoms with Gasteiger partial charge in [0.2, 0.25) is 0 Å². The highest BCUT2D eigenvalue weighted by molar-refractivity contribution is 6.30. The molecule has 2 aromatic carbocycles. The van der Waals surface area contributed by atoms with E-state index in [9.17, 15) is 19.1 Å². The lowest BCUT2D eigenvalue weighted by molar-refractivity contribution is -0.145. The summed E-state index contributed by atoms with van der Waals surface area (Å²) in [4.78, 5) is 32.2. The summed E-state index contributed by atoms with van der Waals surface area (Å²) in [7, 11) is 0. The Balaban J connectivity index is 1.21. The fraction of sp³-hybridized carbons (Fsp3) is 0.588. The van der Waals surface area contributed by atoms with Gasteiger partial charge in [0.05, 0.1) is 0 Å². The van der Waals surface area contributed by atoms with Gasteiger partial charge in [-0.1, -0.05) is 55.1 Å². The van der Waals surface area contributed by atoms with E-state index in [1.54, 1.807) is 12.1 Å². The molecule has 2 aliphatic heterocycles. The van der Waals surface area contributed by atoms with Crippen LogP contribution < -0.4 is 5.32 Å². The minimum Gasteiger partial charge on any atom is -0.480 e. The summed E-state index contributed by atoms with van der Waals surface area (Å²) in [5.74, 6) is -0.481. The first-order valence-electron chi connectivity index (χ1n) is 16.1. The second kappa shape index (κ2) is 14.9. The number of carbonyl (C=O) groups excluding carboxylic acids is 1. The first-order chi connectivity index (χ1) is 20.8. The molecular formula is C34H46ClFN4O3. The molecule has 1 aliphatic carbocycles. The molecule has 0 spiro atoms. The SMILES string of the molecule is CCN(C(=O)NCc1ccc(Cl)cc1)C1CCN(CC2CN(C(C(=O)O)C3CCCCC3)CC2c2cccc(F)c2)CC1. The molecule has 43 heavy (non-hydrogen) atoms. The largest absolute Gasteiger partial charge is 0.480 e. The molecule has 2 amide bonds. The molecule has 3 unspecified atom stereocenters. The van der Waals surface area contributed by atoms with Gasteiger partial charge in [-0.3, -0.25) is 9.69 Å². The first kappa shape index (κ1) is 31.7. The lowest BCUT2D eigenvalue weighted by Gasteiger charge is -2.39. The van der Waals surface area contributed by atoms with E-state index in [4.69, 9.17) is 11.6 Å². The Bertz CT molecular complexity index is 1220. The van der Waals surface area contributed by atoms with Crippen LogP contribution >= 0.6 is 11.6 Å². The van der Waals surface area contributed by atoms with Crippen molar-refractivity contribution in [2.75, 3.05) is 39.3 Å². The average Bonchev–Trinajstić information content (AvgIpc) is 3.41. The van der Waals surface area contributed by atoms with Crippen LogP contribution in [0, 0.1) is 17.7 Å². The van der Waals surface area contributed by atoms with Crippen molar-refractivity contribution in [2.45, 2.75) is 76.4 Å². The van der Waals surface area contributed by atoms with Crippen molar-refractivity contribution in [1.29, 1.82) is 0 Å². The number of hydrogen-bond acceptors (Lipinski definition) is 4. The zero-order chi connectivity index (χ0) is 30.3. The number of carboxylic acid groups (broad SMARTS) is 1. The van der Waals surface area contributed by atoms with Gasteiger partial charge >= 0.3 is 12.0 Å². The summed E-state index contributed by atoms with van der Waals surface area (Å²) < 4.78 is 14.3. The number of hydrogen-bond donors (Lipinski definition) is 2. The standard InChI is InChI=1S/C34H46ClFN4O3/c1-2-40(34(43)37-20-24-11-13-28(35)14-12-24)30-15-17-38(18-16-30)21-27-22-39(23-31(27)26-9-6-10-29(36)19-26)32(33(41)42)25-7-4-3-5-8-25/h6,9-14,19,25,27,30-32H,2-5,7-8,15-18,20-23H2,1H3,(H,37,43)(H,41,42). The van der Waals surface area contributed by atoms with Gasteiger partial charge in [-0.25, -0.2) is 9.18 Å². The van der Waals surface area contributed by atoms with Crippen molar-refractivity contribution in [3.05, 3.63) is 70.5 Å². The van der Waals surface area contributed by atoms with Crippen LogP contribution in [0.1, 0.15) is 68.9 Å². The number of piperidine rings is 1. The summed E-state index contributed by atoms with van der Waals surface area (Å²) in [6, 6.07) is 14.0. The highest BCUT2D eigenvalue weighted by Crippen LogP contribution is 2.39. The van der Waals surface area contributed by atoms with Crippen molar-refractivity contribution in [3.63, 3.8) is 0 Å². The summed E-state index contributed by atoms with van der Waals surface area (Å²) in [5.41, 5.74) is 1.97. The Morgan fingerprint density at radius 1 is 1.05 bits per heavy atom. The van der Waals surface area contributed by atoms with E-state index in [0.29, 0.717) is 31.2 Å². The summed E-state index contributed by atoms with van der Waals surface area (Å²) >= 11 is 5.98. The van der Waals surface area contributed by atoms with Crippen LogP contribution in [0.4, 0.5) is 9.18 Å². The quantitative estimate of drug-likeness (QED) is 0.333. The topological polar surface area (TPSA) is 76.1 Å². The molecule has 3 aliphatic rings. The monoisotopic (exact) mass is 612 g/mol. The molecule has 3 atom stereocenters. The highest BCUT2D eigenvalue weighted by atomic mass is 35.5. The zero-order valence-corrected chi connectivity index (χ0v) is 26.0. The Morgan fingerprint density at radius 3 is 2.42 bits per heavy atom. The number of nitrogens with zero attached hydrogens (tertiary/aromatic N) is 3. The van der Waals surface area contributed by atoms with Crippen molar-refractivity contribution in [3.8, 4) is 0 Å². The molecule has 2 aromatic rings. The van der Waals surface area contributed by atoms with Gasteiger partial charge in [0, 0.05) is 62.8 Å². The Morgan fingerprint density at radius 2 is 1.77 bits per heavy atom. The van der Waals surface area contributed by atoms with Crippen LogP contribution in [-0.4, -0.2) is 83.2 Å². The van der Waals surface area contributed by atoms with Gasteiger partial charge in [0.1, 0.15) is 11.9 Å². The van der Waals surface area contributed by atoms with Crippen LogP contribution in [-0.2, 0) is 11.3 Å². The molecular weight excluding hydrogens is 567 g/mol. The molecule has 5 rings (SSSR count). The number of halogens is 2. The van der Waals surface area contributed by atoms with Crippen LogP contribution in [0.2, 0.25) is 5.02 Å². The van der Waals surface area contributed by atoms with Crippen LogP contribution in [0.5, 0.6) is 0 Å². The van der Waals surface area contributed by atoms with Crippen molar-refractivity contribution < 1.29 is 19.1 Å². The molecule has 234 valence electrons. The van der Waals surface area contributed by atoms with E-state index in [-0.39, 0.29) is 35.6 Å². The Kier molecular flexibility index (Phi) is 11.0. The molecule has 0 bridgehead atoms. The van der Waals surface area contributed by atoms with E-state index >= 15 is 0 Å². The van der Waals surface area contributed by atoms with Gasteiger partial charge in [-0.15, -0.1) is 0 Å². The third-order valence-electron chi connectivity index (χ3n) is 9.94. The molecule has 1 saturated carbocycles. The number of carbonyl (C=O) groups is 2. The molecule has 2 N–H and O–H groups in total. The van der Waals surface area contributed by atoms with Gasteiger partial charge < -0.3 is 20.2 Å². The van der Waals surface area contributed by atoms with Gasteiger partial charge in [0.15, 0.2) is 0 Å². The predicted octanol–water partition coefficient (Wildman–Crippen LogP) is 6.22. The third kappa shape index (κ3) is 8.08. The molecule has 0 aromatic heterocycles. The zero-order valence-electron chi connectivity index (χ0n) is 25.3. The second-order valence-electron chi connectivity index (χ2n) is 12.7. The Hall–Kier alpha value is -2.68. The number of amides is 2. The number of carboxylic acids is 1. The minimum absolute atomic E-state index is 0.0454. The second-order valence-corrected chi connectivity index (χ2v) is 13.1.